The summed E-state index contributed by atoms with van der Waals surface area (Å²) >= 11 is 3.33. The second kappa shape index (κ2) is 5.96. The monoisotopic (exact) mass is 297 g/mol. The van der Waals surface area contributed by atoms with Gasteiger partial charge < -0.3 is 4.74 Å². The van der Waals surface area contributed by atoms with Crippen molar-refractivity contribution < 1.29 is 9.53 Å². The summed E-state index contributed by atoms with van der Waals surface area (Å²) in [6, 6.07) is 5.66. The normalized spacial score (nSPS) is 11.8. The average Bonchev–Trinajstić information content (AvgIpc) is 2.24. The lowest BCUT2D eigenvalue weighted by atomic mass is 10.2. The first kappa shape index (κ1) is 13.9. The molecule has 0 aliphatic rings. The molecule has 1 heterocycles. The molecular formula is C13H16BrNO2. The molecule has 0 unspecified atom stereocenters. The third kappa shape index (κ3) is 5.63. The van der Waals surface area contributed by atoms with Crippen molar-refractivity contribution in [3.05, 3.63) is 35.7 Å². The Kier molecular flexibility index (Phi) is 4.87. The van der Waals surface area contributed by atoms with E-state index in [1.54, 1.807) is 6.08 Å². The van der Waals surface area contributed by atoms with Gasteiger partial charge in [-0.25, -0.2) is 4.79 Å². The molecule has 0 aliphatic carbocycles. The van der Waals surface area contributed by atoms with Gasteiger partial charge in [-0.3, -0.25) is 4.98 Å². The van der Waals surface area contributed by atoms with Crippen LogP contribution in [-0.4, -0.2) is 16.6 Å². The van der Waals surface area contributed by atoms with Crippen molar-refractivity contribution in [2.24, 2.45) is 0 Å². The molecule has 0 atom stereocenters. The van der Waals surface area contributed by atoms with Gasteiger partial charge in [0.15, 0.2) is 0 Å². The lowest BCUT2D eigenvalue weighted by Crippen LogP contribution is -2.22. The highest BCUT2D eigenvalue weighted by Crippen LogP contribution is 2.09. The van der Waals surface area contributed by atoms with Gasteiger partial charge in [-0.1, -0.05) is 22.0 Å². The van der Waals surface area contributed by atoms with E-state index in [0.29, 0.717) is 5.33 Å². The van der Waals surface area contributed by atoms with Gasteiger partial charge in [-0.05, 0) is 39.0 Å². The van der Waals surface area contributed by atoms with Gasteiger partial charge in [0, 0.05) is 11.4 Å². The van der Waals surface area contributed by atoms with Crippen molar-refractivity contribution in [3.8, 4) is 0 Å². The molecular weight excluding hydrogens is 282 g/mol. The number of aromatic nitrogens is 1. The molecule has 1 rings (SSSR count). The predicted octanol–water partition coefficient (Wildman–Crippen LogP) is 3.33. The van der Waals surface area contributed by atoms with Crippen LogP contribution < -0.4 is 0 Å². The van der Waals surface area contributed by atoms with Crippen molar-refractivity contribution in [2.75, 3.05) is 0 Å². The molecule has 0 aromatic carbocycles. The van der Waals surface area contributed by atoms with Gasteiger partial charge in [0.1, 0.15) is 5.60 Å². The van der Waals surface area contributed by atoms with Crippen LogP contribution in [0.2, 0.25) is 0 Å². The Bertz CT molecular complexity index is 422. The zero-order valence-corrected chi connectivity index (χ0v) is 11.8. The molecule has 1 aromatic rings. The van der Waals surface area contributed by atoms with E-state index in [1.165, 1.54) is 6.08 Å². The van der Waals surface area contributed by atoms with Gasteiger partial charge in [0.25, 0.3) is 0 Å². The number of rotatable bonds is 3. The van der Waals surface area contributed by atoms with Crippen molar-refractivity contribution in [2.45, 2.75) is 31.7 Å². The highest BCUT2D eigenvalue weighted by Gasteiger charge is 2.13. The first-order chi connectivity index (χ1) is 7.90. The fourth-order valence-electron chi connectivity index (χ4n) is 1.15. The van der Waals surface area contributed by atoms with E-state index < -0.39 is 5.60 Å². The molecule has 3 nitrogen and oxygen atoms in total. The van der Waals surface area contributed by atoms with Gasteiger partial charge in [0.2, 0.25) is 0 Å². The maximum Gasteiger partial charge on any atom is 0.331 e. The van der Waals surface area contributed by atoms with Gasteiger partial charge in [-0.2, -0.15) is 0 Å². The molecule has 0 amide bonds. The zero-order chi connectivity index (χ0) is 12.9. The molecule has 0 radical (unpaired) electrons. The van der Waals surface area contributed by atoms with E-state index in [9.17, 15) is 4.79 Å². The second-order valence-electron chi connectivity index (χ2n) is 4.55. The number of pyridine rings is 1. The van der Waals surface area contributed by atoms with Crippen molar-refractivity contribution >= 4 is 28.0 Å². The summed E-state index contributed by atoms with van der Waals surface area (Å²) in [5.74, 6) is -0.358. The van der Waals surface area contributed by atoms with E-state index >= 15 is 0 Å². The number of alkyl halides is 1. The summed E-state index contributed by atoms with van der Waals surface area (Å²) in [6.45, 7) is 5.51. The number of nitrogens with zero attached hydrogens (tertiary/aromatic N) is 1. The second-order valence-corrected chi connectivity index (χ2v) is 5.11. The average molecular weight is 298 g/mol. The summed E-state index contributed by atoms with van der Waals surface area (Å²) in [5, 5.41) is 0.696. The zero-order valence-electron chi connectivity index (χ0n) is 10.2. The minimum absolute atomic E-state index is 0.358. The molecule has 0 aliphatic heterocycles. The van der Waals surface area contributed by atoms with Crippen LogP contribution in [0.4, 0.5) is 0 Å². The highest BCUT2D eigenvalue weighted by atomic mass is 79.9. The van der Waals surface area contributed by atoms with Crippen molar-refractivity contribution in [3.63, 3.8) is 0 Å². The Morgan fingerprint density at radius 1 is 1.47 bits per heavy atom. The van der Waals surface area contributed by atoms with E-state index in [2.05, 4.69) is 20.9 Å². The molecule has 1 aromatic heterocycles. The van der Waals surface area contributed by atoms with E-state index in [0.717, 1.165) is 11.4 Å². The Morgan fingerprint density at radius 2 is 2.18 bits per heavy atom. The third-order valence-corrected chi connectivity index (χ3v) is 2.34. The molecule has 0 spiro atoms. The Hall–Kier alpha value is -1.16. The van der Waals surface area contributed by atoms with Gasteiger partial charge >= 0.3 is 5.97 Å². The van der Waals surface area contributed by atoms with Crippen LogP contribution in [0.15, 0.2) is 24.3 Å². The molecule has 0 fully saturated rings. The standard InChI is InChI=1S/C13H16BrNO2/c1-13(2,3)17-12(16)8-7-10-5-4-6-11(9-14)15-10/h4-8H,9H2,1-3H3/b8-7+. The number of halogens is 1. The lowest BCUT2D eigenvalue weighted by molar-refractivity contribution is -0.148. The highest BCUT2D eigenvalue weighted by molar-refractivity contribution is 9.08. The van der Waals surface area contributed by atoms with Crippen LogP contribution in [0, 0.1) is 0 Å². The third-order valence-electron chi connectivity index (χ3n) is 1.76. The molecule has 0 saturated carbocycles. The van der Waals surface area contributed by atoms with Crippen LogP contribution >= 0.6 is 15.9 Å². The Labute approximate surface area is 110 Å². The number of hydrogen-bond donors (Lipinski definition) is 0. The summed E-state index contributed by atoms with van der Waals surface area (Å²) in [4.78, 5) is 15.8. The van der Waals surface area contributed by atoms with Crippen LogP contribution in [0.25, 0.3) is 6.08 Å². The number of hydrogen-bond acceptors (Lipinski definition) is 3. The topological polar surface area (TPSA) is 39.2 Å². The fourth-order valence-corrected chi connectivity index (χ4v) is 1.47. The Morgan fingerprint density at radius 3 is 2.76 bits per heavy atom. The van der Waals surface area contributed by atoms with E-state index in [1.807, 2.05) is 39.0 Å². The number of carbonyl (C=O) groups excluding carboxylic acids is 1. The fraction of sp³-hybridized carbons (Fsp3) is 0.385. The summed E-state index contributed by atoms with van der Waals surface area (Å²) in [5.41, 5.74) is 1.20. The lowest BCUT2D eigenvalue weighted by Gasteiger charge is -2.17. The summed E-state index contributed by atoms with van der Waals surface area (Å²) in [7, 11) is 0. The summed E-state index contributed by atoms with van der Waals surface area (Å²) in [6.07, 6.45) is 3.05. The first-order valence-corrected chi connectivity index (χ1v) is 6.46. The Balaban J connectivity index is 2.67. The molecule has 4 heteroatoms. The van der Waals surface area contributed by atoms with Crippen LogP contribution in [0.5, 0.6) is 0 Å². The van der Waals surface area contributed by atoms with Crippen LogP contribution in [-0.2, 0) is 14.9 Å². The molecule has 17 heavy (non-hydrogen) atoms. The smallest absolute Gasteiger partial charge is 0.331 e. The molecule has 92 valence electrons. The quantitative estimate of drug-likeness (QED) is 0.488. The first-order valence-electron chi connectivity index (χ1n) is 5.34. The molecule has 0 saturated heterocycles. The molecule has 0 bridgehead atoms. The van der Waals surface area contributed by atoms with Gasteiger partial charge in [0.05, 0.1) is 11.4 Å². The van der Waals surface area contributed by atoms with Gasteiger partial charge in [-0.15, -0.1) is 0 Å². The van der Waals surface area contributed by atoms with Crippen molar-refractivity contribution in [1.29, 1.82) is 0 Å². The number of carbonyl (C=O) groups is 1. The number of ether oxygens (including phenoxy) is 1. The number of esters is 1. The molecule has 0 N–H and O–H groups in total. The maximum atomic E-state index is 11.4. The maximum absolute atomic E-state index is 11.4. The summed E-state index contributed by atoms with van der Waals surface area (Å²) < 4.78 is 5.15. The van der Waals surface area contributed by atoms with E-state index in [4.69, 9.17) is 4.74 Å². The van der Waals surface area contributed by atoms with E-state index in [-0.39, 0.29) is 5.97 Å². The van der Waals surface area contributed by atoms with Crippen LogP contribution in [0.1, 0.15) is 32.2 Å². The largest absolute Gasteiger partial charge is 0.457 e. The minimum atomic E-state index is -0.466. The SMILES string of the molecule is CC(C)(C)OC(=O)/C=C/c1cccc(CBr)n1. The van der Waals surface area contributed by atoms with Crippen molar-refractivity contribution in [1.82, 2.24) is 4.98 Å². The minimum Gasteiger partial charge on any atom is -0.457 e. The predicted molar refractivity (Wildman–Crippen MR) is 71.7 cm³/mol. The van der Waals surface area contributed by atoms with Crippen LogP contribution in [0.3, 0.4) is 0 Å².